The molecule has 3 heteroatoms. The van der Waals surface area contributed by atoms with Gasteiger partial charge in [-0.05, 0) is 38.5 Å². The van der Waals surface area contributed by atoms with Crippen LogP contribution >= 0.6 is 0 Å². The van der Waals surface area contributed by atoms with E-state index in [-0.39, 0.29) is 6.10 Å². The number of ether oxygens (including phenoxy) is 1. The Morgan fingerprint density at radius 3 is 2.47 bits per heavy atom. The highest BCUT2D eigenvalue weighted by Gasteiger charge is 2.26. The molecule has 3 fully saturated rings. The predicted molar refractivity (Wildman–Crippen MR) is 65.7 cm³/mol. The van der Waals surface area contributed by atoms with Gasteiger partial charge in [-0.1, -0.05) is 11.1 Å². The van der Waals surface area contributed by atoms with E-state index in [1.807, 2.05) is 4.90 Å². The zero-order chi connectivity index (χ0) is 11.7. The number of carbonyl (C=O) groups is 1. The number of rotatable bonds is 2. The average Bonchev–Trinajstić information content (AvgIpc) is 3.09. The fourth-order valence-corrected chi connectivity index (χ4v) is 2.92. The second-order valence-electron chi connectivity index (χ2n) is 5.43. The van der Waals surface area contributed by atoms with Crippen LogP contribution in [0.15, 0.2) is 11.1 Å². The molecule has 3 rings (SSSR count). The number of carbonyl (C=O) groups excluding carboxylic acids is 1. The summed E-state index contributed by atoms with van der Waals surface area (Å²) in [6.07, 6.45) is 7.86. The Bertz CT molecular complexity index is 326. The van der Waals surface area contributed by atoms with Crippen molar-refractivity contribution in [1.82, 2.24) is 4.90 Å². The first-order valence-electron chi connectivity index (χ1n) is 6.92. The topological polar surface area (TPSA) is 29.5 Å². The molecule has 0 bridgehead atoms. The fraction of sp³-hybridized carbons (Fsp3) is 0.786. The molecule has 2 aliphatic heterocycles. The van der Waals surface area contributed by atoms with Crippen molar-refractivity contribution in [2.45, 2.75) is 51.0 Å². The standard InChI is InChI=1S/C14H21NO2/c16-14(10-13-2-1-9-17-13)15-7-5-12(6-8-15)11-3-4-11/h13H,1-10H2. The molecule has 0 radical (unpaired) electrons. The van der Waals surface area contributed by atoms with E-state index < -0.39 is 0 Å². The van der Waals surface area contributed by atoms with Crippen LogP contribution in [0, 0.1) is 0 Å². The molecule has 0 spiro atoms. The van der Waals surface area contributed by atoms with Gasteiger partial charge in [0.2, 0.25) is 5.91 Å². The van der Waals surface area contributed by atoms with E-state index >= 15 is 0 Å². The van der Waals surface area contributed by atoms with E-state index in [2.05, 4.69) is 0 Å². The smallest absolute Gasteiger partial charge is 0.225 e. The highest BCUT2D eigenvalue weighted by molar-refractivity contribution is 5.77. The fourth-order valence-electron chi connectivity index (χ4n) is 2.92. The van der Waals surface area contributed by atoms with E-state index in [1.165, 1.54) is 12.8 Å². The van der Waals surface area contributed by atoms with E-state index in [0.29, 0.717) is 12.3 Å². The average molecular weight is 235 g/mol. The van der Waals surface area contributed by atoms with Crippen LogP contribution in [-0.2, 0) is 9.53 Å². The van der Waals surface area contributed by atoms with Crippen molar-refractivity contribution in [3.63, 3.8) is 0 Å². The molecule has 2 saturated heterocycles. The molecule has 17 heavy (non-hydrogen) atoms. The monoisotopic (exact) mass is 235 g/mol. The Labute approximate surface area is 103 Å². The molecular weight excluding hydrogens is 214 g/mol. The number of hydrogen-bond acceptors (Lipinski definition) is 2. The summed E-state index contributed by atoms with van der Waals surface area (Å²) >= 11 is 0. The quantitative estimate of drug-likeness (QED) is 0.687. The van der Waals surface area contributed by atoms with E-state index in [0.717, 1.165) is 45.4 Å². The summed E-state index contributed by atoms with van der Waals surface area (Å²) in [5, 5.41) is 0. The molecule has 1 amide bonds. The number of nitrogens with zero attached hydrogens (tertiary/aromatic N) is 1. The summed E-state index contributed by atoms with van der Waals surface area (Å²) in [6.45, 7) is 2.71. The van der Waals surface area contributed by atoms with Gasteiger partial charge in [0.15, 0.2) is 0 Å². The molecule has 1 aliphatic carbocycles. The van der Waals surface area contributed by atoms with Crippen molar-refractivity contribution < 1.29 is 9.53 Å². The van der Waals surface area contributed by atoms with Crippen LogP contribution in [0.3, 0.4) is 0 Å². The highest BCUT2D eigenvalue weighted by Crippen LogP contribution is 2.36. The van der Waals surface area contributed by atoms with Gasteiger partial charge in [0.25, 0.3) is 0 Å². The summed E-state index contributed by atoms with van der Waals surface area (Å²) in [6, 6.07) is 0. The van der Waals surface area contributed by atoms with E-state index in [1.54, 1.807) is 11.1 Å². The van der Waals surface area contributed by atoms with Gasteiger partial charge in [-0.15, -0.1) is 0 Å². The molecule has 1 atom stereocenters. The molecule has 0 aromatic carbocycles. The minimum Gasteiger partial charge on any atom is -0.378 e. The SMILES string of the molecule is O=C(CC1CCCO1)N1CCC(=C2CC2)CC1. The van der Waals surface area contributed by atoms with Gasteiger partial charge in [0.1, 0.15) is 0 Å². The molecule has 0 N–H and O–H groups in total. The molecule has 0 aromatic rings. The number of amides is 1. The lowest BCUT2D eigenvalue weighted by molar-refractivity contribution is -0.133. The van der Waals surface area contributed by atoms with Crippen LogP contribution in [-0.4, -0.2) is 36.6 Å². The Balaban J connectivity index is 1.48. The van der Waals surface area contributed by atoms with Crippen LogP contribution in [0.4, 0.5) is 0 Å². The van der Waals surface area contributed by atoms with Crippen molar-refractivity contribution in [1.29, 1.82) is 0 Å². The van der Waals surface area contributed by atoms with E-state index in [4.69, 9.17) is 4.74 Å². The maximum absolute atomic E-state index is 12.1. The second kappa shape index (κ2) is 4.81. The Morgan fingerprint density at radius 2 is 1.88 bits per heavy atom. The maximum atomic E-state index is 12.1. The van der Waals surface area contributed by atoms with Gasteiger partial charge in [0.05, 0.1) is 12.5 Å². The lowest BCUT2D eigenvalue weighted by Crippen LogP contribution is -2.37. The van der Waals surface area contributed by atoms with Crippen molar-refractivity contribution in [3.05, 3.63) is 11.1 Å². The highest BCUT2D eigenvalue weighted by atomic mass is 16.5. The van der Waals surface area contributed by atoms with Gasteiger partial charge in [-0.2, -0.15) is 0 Å². The second-order valence-corrected chi connectivity index (χ2v) is 5.43. The first-order valence-corrected chi connectivity index (χ1v) is 6.92. The van der Waals surface area contributed by atoms with Gasteiger partial charge in [-0.25, -0.2) is 0 Å². The molecule has 1 saturated carbocycles. The van der Waals surface area contributed by atoms with Crippen LogP contribution in [0.2, 0.25) is 0 Å². The van der Waals surface area contributed by atoms with Gasteiger partial charge in [-0.3, -0.25) is 4.79 Å². The number of hydrogen-bond donors (Lipinski definition) is 0. The van der Waals surface area contributed by atoms with Crippen molar-refractivity contribution in [2.75, 3.05) is 19.7 Å². The van der Waals surface area contributed by atoms with Crippen molar-refractivity contribution in [2.24, 2.45) is 0 Å². The molecule has 2 heterocycles. The Morgan fingerprint density at radius 1 is 1.18 bits per heavy atom. The predicted octanol–water partition coefficient (Wildman–Crippen LogP) is 2.27. The summed E-state index contributed by atoms with van der Waals surface area (Å²) in [5.41, 5.74) is 3.32. The Hall–Kier alpha value is -0.830. The van der Waals surface area contributed by atoms with Gasteiger partial charge in [0, 0.05) is 19.7 Å². The van der Waals surface area contributed by atoms with Gasteiger partial charge < -0.3 is 9.64 Å². The summed E-state index contributed by atoms with van der Waals surface area (Å²) in [5.74, 6) is 0.303. The number of piperidine rings is 1. The molecule has 3 nitrogen and oxygen atoms in total. The first-order chi connectivity index (χ1) is 8.33. The molecule has 3 aliphatic rings. The third-order valence-electron chi connectivity index (χ3n) is 4.15. The molecule has 1 unspecified atom stereocenters. The first kappa shape index (κ1) is 11.3. The normalized spacial score (nSPS) is 28.7. The summed E-state index contributed by atoms with van der Waals surface area (Å²) < 4.78 is 5.53. The van der Waals surface area contributed by atoms with Crippen molar-refractivity contribution >= 4 is 5.91 Å². The number of allylic oxidation sites excluding steroid dienone is 1. The lowest BCUT2D eigenvalue weighted by atomic mass is 10.0. The zero-order valence-corrected chi connectivity index (χ0v) is 10.4. The molecule has 0 aromatic heterocycles. The maximum Gasteiger partial charge on any atom is 0.225 e. The largest absolute Gasteiger partial charge is 0.378 e. The van der Waals surface area contributed by atoms with Crippen LogP contribution in [0.1, 0.15) is 44.9 Å². The van der Waals surface area contributed by atoms with Crippen molar-refractivity contribution in [3.8, 4) is 0 Å². The Kier molecular flexibility index (Phi) is 3.19. The zero-order valence-electron chi connectivity index (χ0n) is 10.4. The number of likely N-dealkylation sites (tertiary alicyclic amines) is 1. The minimum absolute atomic E-state index is 0.200. The summed E-state index contributed by atoms with van der Waals surface area (Å²) in [4.78, 5) is 14.1. The third kappa shape index (κ3) is 2.71. The molecular formula is C14H21NO2. The van der Waals surface area contributed by atoms with Gasteiger partial charge >= 0.3 is 0 Å². The summed E-state index contributed by atoms with van der Waals surface area (Å²) in [7, 11) is 0. The molecule has 94 valence electrons. The van der Waals surface area contributed by atoms with Crippen LogP contribution in [0.5, 0.6) is 0 Å². The minimum atomic E-state index is 0.200. The van der Waals surface area contributed by atoms with Crippen LogP contribution in [0.25, 0.3) is 0 Å². The third-order valence-corrected chi connectivity index (χ3v) is 4.15. The lowest BCUT2D eigenvalue weighted by Gasteiger charge is -2.29. The van der Waals surface area contributed by atoms with E-state index in [9.17, 15) is 4.79 Å². The van der Waals surface area contributed by atoms with Crippen LogP contribution < -0.4 is 0 Å².